The van der Waals surface area contributed by atoms with Crippen molar-refractivity contribution in [3.05, 3.63) is 51.9 Å². The van der Waals surface area contributed by atoms with E-state index in [-0.39, 0.29) is 11.3 Å². The molecule has 2 aromatic heterocycles. The highest BCUT2D eigenvalue weighted by atomic mass is 35.5. The van der Waals surface area contributed by atoms with Gasteiger partial charge >= 0.3 is 6.09 Å². The maximum Gasteiger partial charge on any atom is 0.417 e. The number of halogens is 1. The smallest absolute Gasteiger partial charge is 0.417 e. The number of nitrogens with zero attached hydrogens (tertiary/aromatic N) is 3. The van der Waals surface area contributed by atoms with Crippen molar-refractivity contribution in [3.63, 3.8) is 0 Å². The SMILES string of the molecule is COc1cc(-c2cc(=O)n3nccc3n2C(=O)O)ccc1Cl. The minimum absolute atomic E-state index is 0.156. The first-order valence-electron chi connectivity index (χ1n) is 6.20. The fourth-order valence-corrected chi connectivity index (χ4v) is 2.43. The number of hydrogen-bond donors (Lipinski definition) is 1. The van der Waals surface area contributed by atoms with E-state index in [1.165, 1.54) is 25.4 Å². The molecule has 0 atom stereocenters. The zero-order valence-electron chi connectivity index (χ0n) is 11.4. The van der Waals surface area contributed by atoms with Crippen molar-refractivity contribution in [2.45, 2.75) is 0 Å². The fourth-order valence-electron chi connectivity index (χ4n) is 2.23. The summed E-state index contributed by atoms with van der Waals surface area (Å²) in [5, 5.41) is 13.7. The van der Waals surface area contributed by atoms with Crippen LogP contribution in [-0.4, -0.2) is 32.5 Å². The van der Waals surface area contributed by atoms with Gasteiger partial charge in [-0.2, -0.15) is 9.61 Å². The lowest BCUT2D eigenvalue weighted by Gasteiger charge is -2.12. The van der Waals surface area contributed by atoms with Crippen molar-refractivity contribution < 1.29 is 14.6 Å². The second kappa shape index (κ2) is 5.19. The van der Waals surface area contributed by atoms with Gasteiger partial charge in [0.05, 0.1) is 24.0 Å². The zero-order chi connectivity index (χ0) is 15.9. The van der Waals surface area contributed by atoms with Crippen LogP contribution in [0.4, 0.5) is 4.79 Å². The molecule has 0 bridgehead atoms. The average Bonchev–Trinajstić information content (AvgIpc) is 2.97. The van der Waals surface area contributed by atoms with Crippen molar-refractivity contribution in [2.24, 2.45) is 0 Å². The third kappa shape index (κ3) is 2.11. The van der Waals surface area contributed by atoms with Gasteiger partial charge < -0.3 is 9.84 Å². The molecule has 0 unspecified atom stereocenters. The highest BCUT2D eigenvalue weighted by Crippen LogP contribution is 2.30. The Labute approximate surface area is 128 Å². The van der Waals surface area contributed by atoms with Gasteiger partial charge in [-0.15, -0.1) is 0 Å². The molecule has 7 nitrogen and oxygen atoms in total. The van der Waals surface area contributed by atoms with E-state index in [1.54, 1.807) is 18.2 Å². The molecule has 112 valence electrons. The van der Waals surface area contributed by atoms with E-state index < -0.39 is 11.7 Å². The maximum atomic E-state index is 12.1. The molecule has 1 N–H and O–H groups in total. The second-order valence-corrected chi connectivity index (χ2v) is 4.84. The van der Waals surface area contributed by atoms with E-state index in [0.29, 0.717) is 16.3 Å². The lowest BCUT2D eigenvalue weighted by Crippen LogP contribution is -2.22. The average molecular weight is 320 g/mol. The van der Waals surface area contributed by atoms with Gasteiger partial charge in [0.25, 0.3) is 5.56 Å². The minimum atomic E-state index is -1.23. The Hall–Kier alpha value is -2.80. The van der Waals surface area contributed by atoms with Crippen LogP contribution in [0, 0.1) is 0 Å². The van der Waals surface area contributed by atoms with Crippen LogP contribution in [0.25, 0.3) is 16.9 Å². The van der Waals surface area contributed by atoms with E-state index in [9.17, 15) is 14.7 Å². The predicted molar refractivity (Wildman–Crippen MR) is 79.9 cm³/mol. The molecular weight excluding hydrogens is 310 g/mol. The number of carboxylic acid groups (broad SMARTS) is 1. The van der Waals surface area contributed by atoms with Gasteiger partial charge in [0.15, 0.2) is 0 Å². The number of fused-ring (bicyclic) bond motifs is 1. The van der Waals surface area contributed by atoms with Gasteiger partial charge in [-0.3, -0.25) is 4.79 Å². The number of aromatic nitrogens is 3. The molecule has 0 fully saturated rings. The summed E-state index contributed by atoms with van der Waals surface area (Å²) in [5.74, 6) is 0.386. The monoisotopic (exact) mass is 319 g/mol. The molecule has 8 heteroatoms. The van der Waals surface area contributed by atoms with Crippen LogP contribution in [0.5, 0.6) is 5.75 Å². The van der Waals surface area contributed by atoms with Crippen LogP contribution in [0.1, 0.15) is 0 Å². The largest absolute Gasteiger partial charge is 0.495 e. The Morgan fingerprint density at radius 2 is 2.09 bits per heavy atom. The molecule has 0 saturated heterocycles. The van der Waals surface area contributed by atoms with E-state index in [4.69, 9.17) is 16.3 Å². The number of rotatable bonds is 2. The van der Waals surface area contributed by atoms with E-state index >= 15 is 0 Å². The van der Waals surface area contributed by atoms with Gasteiger partial charge in [0, 0.05) is 17.7 Å². The topological polar surface area (TPSA) is 85.8 Å². The lowest BCUT2D eigenvalue weighted by atomic mass is 10.1. The summed E-state index contributed by atoms with van der Waals surface area (Å²) in [6.07, 6.45) is 0.136. The summed E-state index contributed by atoms with van der Waals surface area (Å²) >= 11 is 5.97. The van der Waals surface area contributed by atoms with Crippen molar-refractivity contribution in [2.75, 3.05) is 7.11 Å². The van der Waals surface area contributed by atoms with Gasteiger partial charge in [-0.05, 0) is 12.1 Å². The fraction of sp³-hybridized carbons (Fsp3) is 0.0714. The van der Waals surface area contributed by atoms with Crippen LogP contribution in [0.3, 0.4) is 0 Å². The van der Waals surface area contributed by atoms with Crippen molar-refractivity contribution >= 4 is 23.3 Å². The molecule has 2 heterocycles. The highest BCUT2D eigenvalue weighted by Gasteiger charge is 2.17. The molecule has 0 radical (unpaired) electrons. The van der Waals surface area contributed by atoms with Crippen molar-refractivity contribution in [1.29, 1.82) is 0 Å². The molecule has 0 aliphatic rings. The summed E-state index contributed by atoms with van der Waals surface area (Å²) in [7, 11) is 1.45. The van der Waals surface area contributed by atoms with E-state index in [0.717, 1.165) is 9.08 Å². The summed E-state index contributed by atoms with van der Waals surface area (Å²) in [6.45, 7) is 0. The maximum absolute atomic E-state index is 12.1. The van der Waals surface area contributed by atoms with Crippen LogP contribution in [-0.2, 0) is 0 Å². The third-order valence-corrected chi connectivity index (χ3v) is 3.51. The quantitative estimate of drug-likeness (QED) is 0.783. The van der Waals surface area contributed by atoms with Gasteiger partial charge in [-0.25, -0.2) is 9.36 Å². The molecule has 0 amide bonds. The first-order valence-corrected chi connectivity index (χ1v) is 6.57. The molecule has 3 rings (SSSR count). The highest BCUT2D eigenvalue weighted by molar-refractivity contribution is 6.32. The number of ether oxygens (including phenoxy) is 1. The number of methoxy groups -OCH3 is 1. The van der Waals surface area contributed by atoms with E-state index in [1.807, 2.05) is 0 Å². The summed E-state index contributed by atoms with van der Waals surface area (Å²) < 4.78 is 7.13. The molecular formula is C14H10ClN3O4. The number of carbonyl (C=O) groups is 1. The molecule has 0 aliphatic carbocycles. The van der Waals surface area contributed by atoms with E-state index in [2.05, 4.69) is 5.10 Å². The first-order chi connectivity index (χ1) is 10.5. The second-order valence-electron chi connectivity index (χ2n) is 4.44. The number of hydrogen-bond acceptors (Lipinski definition) is 4. The molecule has 0 aliphatic heterocycles. The molecule has 1 aromatic carbocycles. The van der Waals surface area contributed by atoms with Crippen LogP contribution in [0.15, 0.2) is 41.3 Å². The van der Waals surface area contributed by atoms with Crippen molar-refractivity contribution in [1.82, 2.24) is 14.2 Å². The Kier molecular flexibility index (Phi) is 3.34. The van der Waals surface area contributed by atoms with Crippen LogP contribution < -0.4 is 10.3 Å². The normalized spacial score (nSPS) is 10.8. The Balaban J connectivity index is 2.37. The predicted octanol–water partition coefficient (Wildman–Crippen LogP) is 2.35. The van der Waals surface area contributed by atoms with Gasteiger partial charge in [-0.1, -0.05) is 17.7 Å². The molecule has 0 spiro atoms. The standard InChI is InChI=1S/C14H10ClN3O4/c1-22-11-6-8(2-3-9(11)15)10-7-13(19)18-12(4-5-16-18)17(10)14(20)21/h2-7H,1H3,(H,20,21). The van der Waals surface area contributed by atoms with Crippen LogP contribution in [0.2, 0.25) is 5.02 Å². The molecule has 0 saturated carbocycles. The first kappa shape index (κ1) is 14.2. The summed E-state index contributed by atoms with van der Waals surface area (Å²) in [6, 6.07) is 7.42. The Bertz CT molecular complexity index is 945. The van der Waals surface area contributed by atoms with Gasteiger partial charge in [0.2, 0.25) is 0 Å². The number of benzene rings is 1. The minimum Gasteiger partial charge on any atom is -0.495 e. The summed E-state index contributed by atoms with van der Waals surface area (Å²) in [4.78, 5) is 23.7. The summed E-state index contributed by atoms with van der Waals surface area (Å²) in [5.41, 5.74) is 0.426. The van der Waals surface area contributed by atoms with Crippen LogP contribution >= 0.6 is 11.6 Å². The molecule has 22 heavy (non-hydrogen) atoms. The van der Waals surface area contributed by atoms with Gasteiger partial charge in [0.1, 0.15) is 11.4 Å². The lowest BCUT2D eigenvalue weighted by molar-refractivity contribution is 0.197. The third-order valence-electron chi connectivity index (χ3n) is 3.20. The molecule has 3 aromatic rings. The van der Waals surface area contributed by atoms with Crippen molar-refractivity contribution in [3.8, 4) is 17.0 Å². The Morgan fingerprint density at radius 1 is 1.32 bits per heavy atom. The Morgan fingerprint density at radius 3 is 2.77 bits per heavy atom. The zero-order valence-corrected chi connectivity index (χ0v) is 12.1.